The predicted molar refractivity (Wildman–Crippen MR) is 155 cm³/mol. The van der Waals surface area contributed by atoms with Gasteiger partial charge in [0, 0.05) is 18.8 Å². The van der Waals surface area contributed by atoms with Crippen molar-refractivity contribution in [2.24, 2.45) is 0 Å². The molecule has 41 heavy (non-hydrogen) atoms. The molecule has 0 aliphatic carbocycles. The van der Waals surface area contributed by atoms with Gasteiger partial charge in [0.15, 0.2) is 0 Å². The Balaban J connectivity index is 1.19. The van der Waals surface area contributed by atoms with Crippen LogP contribution in [0, 0.1) is 6.92 Å². The quantitative estimate of drug-likeness (QED) is 0.271. The largest absolute Gasteiger partial charge is 0.323 e. The highest BCUT2D eigenvalue weighted by Gasteiger charge is 2.37. The van der Waals surface area contributed by atoms with Gasteiger partial charge in [-0.2, -0.15) is 0 Å². The lowest BCUT2D eigenvalue weighted by molar-refractivity contribution is -0.111. The summed E-state index contributed by atoms with van der Waals surface area (Å²) in [5, 5.41) is 2.77. The highest BCUT2D eigenvalue weighted by Crippen LogP contribution is 2.34. The van der Waals surface area contributed by atoms with Crippen LogP contribution in [0.15, 0.2) is 91.0 Å². The molecule has 0 radical (unpaired) electrons. The normalized spacial score (nSPS) is 14.2. The van der Waals surface area contributed by atoms with E-state index in [4.69, 9.17) is 0 Å². The van der Waals surface area contributed by atoms with E-state index < -0.39 is 11.8 Å². The van der Waals surface area contributed by atoms with E-state index in [1.165, 1.54) is 13.1 Å². The Morgan fingerprint density at radius 1 is 0.659 bits per heavy atom. The highest BCUT2D eigenvalue weighted by molar-refractivity contribution is 6.34. The second kappa shape index (κ2) is 9.84. The average Bonchev–Trinajstić information content (AvgIpc) is 3.36. The van der Waals surface area contributed by atoms with Gasteiger partial charge >= 0.3 is 0 Å². The number of fused-ring (bicyclic) bond motifs is 2. The molecule has 4 aromatic carbocycles. The number of imide groups is 2. The van der Waals surface area contributed by atoms with Crippen molar-refractivity contribution in [2.45, 2.75) is 6.92 Å². The number of carbonyl (C=O) groups is 5. The molecular weight excluding hydrogens is 518 g/mol. The van der Waals surface area contributed by atoms with Crippen molar-refractivity contribution in [1.82, 2.24) is 4.90 Å². The maximum atomic E-state index is 13.3. The van der Waals surface area contributed by atoms with Gasteiger partial charge in [-0.05, 0) is 78.2 Å². The Kier molecular flexibility index (Phi) is 6.15. The number of nitrogens with zero attached hydrogens (tertiary/aromatic N) is 2. The van der Waals surface area contributed by atoms with Gasteiger partial charge < -0.3 is 5.32 Å². The number of anilines is 2. The summed E-state index contributed by atoms with van der Waals surface area (Å²) in [7, 11) is 1.43. The lowest BCUT2D eigenvalue weighted by Gasteiger charge is -2.14. The van der Waals surface area contributed by atoms with Crippen LogP contribution < -0.4 is 10.2 Å². The molecule has 8 nitrogen and oxygen atoms in total. The summed E-state index contributed by atoms with van der Waals surface area (Å²) in [5.41, 5.74) is 5.36. The molecule has 0 unspecified atom stereocenters. The van der Waals surface area contributed by atoms with Crippen molar-refractivity contribution in [3.63, 3.8) is 0 Å². The minimum absolute atomic E-state index is 0.242. The van der Waals surface area contributed by atoms with Crippen molar-refractivity contribution in [3.8, 4) is 11.1 Å². The molecule has 0 saturated heterocycles. The molecule has 2 aliphatic heterocycles. The van der Waals surface area contributed by atoms with E-state index in [2.05, 4.69) is 5.32 Å². The van der Waals surface area contributed by atoms with Gasteiger partial charge in [0.2, 0.25) is 5.91 Å². The summed E-state index contributed by atoms with van der Waals surface area (Å²) in [6.45, 7) is 1.99. The first-order chi connectivity index (χ1) is 19.7. The lowest BCUT2D eigenvalue weighted by Crippen LogP contribution is -2.29. The zero-order chi connectivity index (χ0) is 28.8. The van der Waals surface area contributed by atoms with Gasteiger partial charge in [-0.25, -0.2) is 4.90 Å². The van der Waals surface area contributed by atoms with Crippen molar-refractivity contribution >= 4 is 47.0 Å². The van der Waals surface area contributed by atoms with Crippen LogP contribution in [0.3, 0.4) is 0 Å². The van der Waals surface area contributed by atoms with Crippen LogP contribution in [0.1, 0.15) is 52.6 Å². The number of hydrogen-bond acceptors (Lipinski definition) is 5. The van der Waals surface area contributed by atoms with Gasteiger partial charge in [-0.15, -0.1) is 0 Å². The molecule has 0 atom stereocenters. The lowest BCUT2D eigenvalue weighted by atomic mass is 9.97. The summed E-state index contributed by atoms with van der Waals surface area (Å²) in [6.07, 6.45) is 3.15. The molecule has 1 N–H and O–H groups in total. The van der Waals surface area contributed by atoms with E-state index in [0.717, 1.165) is 20.9 Å². The SMILES string of the molecule is Cc1ccc(/C=C/C(=O)Nc2ccc(N3C(=O)c4ccc(-c5ccc6c(c5)C(=O)N(C)C6=O)cc4C3=O)cc2)cc1. The van der Waals surface area contributed by atoms with Crippen molar-refractivity contribution < 1.29 is 24.0 Å². The Bertz CT molecular complexity index is 1820. The molecule has 0 spiro atoms. The van der Waals surface area contributed by atoms with Crippen LogP contribution in [-0.2, 0) is 4.79 Å². The van der Waals surface area contributed by atoms with Gasteiger partial charge in [-0.3, -0.25) is 28.9 Å². The number of carbonyl (C=O) groups excluding carboxylic acids is 5. The van der Waals surface area contributed by atoms with Gasteiger partial charge in [0.05, 0.1) is 27.9 Å². The smallest absolute Gasteiger partial charge is 0.266 e. The molecule has 2 aliphatic rings. The van der Waals surface area contributed by atoms with Gasteiger partial charge in [0.25, 0.3) is 23.6 Å². The molecule has 4 aromatic rings. The summed E-state index contributed by atoms with van der Waals surface area (Å²) in [6, 6.07) is 24.1. The standard InChI is InChI=1S/C33H23N3O5/c1-19-3-5-20(6-4-19)7-16-29(37)34-23-10-12-24(13-11-23)36-32(40)26-15-9-22(18-28(26)33(36)41)21-8-14-25-27(17-21)31(39)35(2)30(25)38/h3-18H,1-2H3,(H,34,37)/b16-7+. The third-order valence-corrected chi connectivity index (χ3v) is 7.21. The topological polar surface area (TPSA) is 104 Å². The number of hydrogen-bond donors (Lipinski definition) is 1. The van der Waals surface area contributed by atoms with E-state index in [0.29, 0.717) is 33.6 Å². The molecule has 0 fully saturated rings. The summed E-state index contributed by atoms with van der Waals surface area (Å²) >= 11 is 0. The van der Waals surface area contributed by atoms with E-state index >= 15 is 0 Å². The molecule has 6 rings (SSSR count). The first-order valence-electron chi connectivity index (χ1n) is 12.9. The molecule has 0 saturated carbocycles. The Labute approximate surface area is 235 Å². The average molecular weight is 542 g/mol. The first kappa shape index (κ1) is 25.6. The van der Waals surface area contributed by atoms with Gasteiger partial charge in [0.1, 0.15) is 0 Å². The minimum atomic E-state index is -0.475. The molecule has 5 amide bonds. The molecule has 0 bridgehead atoms. The maximum absolute atomic E-state index is 13.3. The molecule has 0 aromatic heterocycles. The van der Waals surface area contributed by atoms with Crippen molar-refractivity contribution in [3.05, 3.63) is 124 Å². The predicted octanol–water partition coefficient (Wildman–Crippen LogP) is 5.34. The fourth-order valence-electron chi connectivity index (χ4n) is 4.92. The Hall–Kier alpha value is -5.63. The molecular formula is C33H23N3O5. The number of aryl methyl sites for hydroxylation is 1. The van der Waals surface area contributed by atoms with Crippen LogP contribution >= 0.6 is 0 Å². The zero-order valence-corrected chi connectivity index (χ0v) is 22.2. The maximum Gasteiger partial charge on any atom is 0.266 e. The monoisotopic (exact) mass is 541 g/mol. The van der Waals surface area contributed by atoms with E-state index in [1.54, 1.807) is 66.7 Å². The molecule has 200 valence electrons. The fourth-order valence-corrected chi connectivity index (χ4v) is 4.92. The van der Waals surface area contributed by atoms with E-state index in [-0.39, 0.29) is 28.8 Å². The third-order valence-electron chi connectivity index (χ3n) is 7.21. The van der Waals surface area contributed by atoms with Crippen LogP contribution in [0.25, 0.3) is 17.2 Å². The summed E-state index contributed by atoms with van der Waals surface area (Å²) in [4.78, 5) is 65.7. The number of amides is 5. The third kappa shape index (κ3) is 4.51. The first-order valence-corrected chi connectivity index (χ1v) is 12.9. The van der Waals surface area contributed by atoms with Gasteiger partial charge in [-0.1, -0.05) is 42.0 Å². The van der Waals surface area contributed by atoms with Crippen LogP contribution in [-0.4, -0.2) is 41.5 Å². The molecule has 8 heteroatoms. The number of rotatable bonds is 5. The van der Waals surface area contributed by atoms with E-state index in [1.807, 2.05) is 31.2 Å². The number of nitrogens with one attached hydrogen (secondary N) is 1. The van der Waals surface area contributed by atoms with Crippen molar-refractivity contribution in [2.75, 3.05) is 17.3 Å². The Morgan fingerprint density at radius 2 is 1.20 bits per heavy atom. The summed E-state index contributed by atoms with van der Waals surface area (Å²) in [5.74, 6) is -1.98. The number of benzene rings is 4. The molecule has 2 heterocycles. The van der Waals surface area contributed by atoms with Crippen LogP contribution in [0.5, 0.6) is 0 Å². The summed E-state index contributed by atoms with van der Waals surface area (Å²) < 4.78 is 0. The second-order valence-electron chi connectivity index (χ2n) is 9.92. The van der Waals surface area contributed by atoms with Crippen LogP contribution in [0.2, 0.25) is 0 Å². The van der Waals surface area contributed by atoms with Crippen molar-refractivity contribution in [1.29, 1.82) is 0 Å². The Morgan fingerprint density at radius 3 is 1.83 bits per heavy atom. The second-order valence-corrected chi connectivity index (χ2v) is 9.92. The zero-order valence-electron chi connectivity index (χ0n) is 22.2. The minimum Gasteiger partial charge on any atom is -0.323 e. The fraction of sp³-hybridized carbons (Fsp3) is 0.0606. The van der Waals surface area contributed by atoms with Crippen LogP contribution in [0.4, 0.5) is 11.4 Å². The highest BCUT2D eigenvalue weighted by atomic mass is 16.2. The van der Waals surface area contributed by atoms with E-state index in [9.17, 15) is 24.0 Å².